The third-order valence-corrected chi connectivity index (χ3v) is 3.14. The lowest BCUT2D eigenvalue weighted by atomic mass is 10.1. The van der Waals surface area contributed by atoms with Gasteiger partial charge < -0.3 is 9.64 Å². The number of nitrogens with zero attached hydrogens (tertiary/aromatic N) is 1. The molecule has 1 amide bonds. The second kappa shape index (κ2) is 4.66. The summed E-state index contributed by atoms with van der Waals surface area (Å²) in [6, 6.07) is 4.89. The summed E-state index contributed by atoms with van der Waals surface area (Å²) >= 11 is 8.67. The van der Waals surface area contributed by atoms with Crippen molar-refractivity contribution >= 4 is 44.9 Å². The molecule has 2 rings (SSSR count). The normalized spacial score (nSPS) is 16.2. The molecule has 0 fully saturated rings. The van der Waals surface area contributed by atoms with E-state index in [2.05, 4.69) is 15.9 Å². The lowest BCUT2D eigenvalue weighted by molar-refractivity contribution is -0.120. The summed E-state index contributed by atoms with van der Waals surface area (Å²) < 4.78 is 4.48. The van der Waals surface area contributed by atoms with Crippen molar-refractivity contribution in [2.45, 2.75) is 4.29 Å². The average molecular weight is 319 g/mol. The lowest BCUT2D eigenvalue weighted by Crippen LogP contribution is -2.35. The molecule has 1 aromatic rings. The number of fused-ring (bicyclic) bond motifs is 1. The molecule has 1 heterocycles. The molecule has 0 aromatic heterocycles. The van der Waals surface area contributed by atoms with E-state index in [4.69, 9.17) is 16.3 Å². The fourth-order valence-corrected chi connectivity index (χ4v) is 1.94. The van der Waals surface area contributed by atoms with E-state index in [0.29, 0.717) is 17.0 Å². The monoisotopic (exact) mass is 317 g/mol. The number of benzene rings is 1. The number of anilines is 1. The van der Waals surface area contributed by atoms with Crippen LogP contribution in [0.5, 0.6) is 5.75 Å². The highest BCUT2D eigenvalue weighted by molar-refractivity contribution is 9.10. The molecular formula is C11H9BrClNO3. The maximum Gasteiger partial charge on any atom is 0.264 e. The summed E-state index contributed by atoms with van der Waals surface area (Å²) in [6.45, 7) is 0.0212. The largest absolute Gasteiger partial charge is 0.482 e. The van der Waals surface area contributed by atoms with Crippen molar-refractivity contribution in [1.82, 2.24) is 0 Å². The van der Waals surface area contributed by atoms with Crippen molar-refractivity contribution in [3.8, 4) is 5.75 Å². The number of alkyl halides is 2. The molecule has 0 saturated carbocycles. The number of halogens is 2. The second-order valence-corrected chi connectivity index (χ2v) is 5.47. The smallest absolute Gasteiger partial charge is 0.264 e. The van der Waals surface area contributed by atoms with Crippen LogP contribution in [0.1, 0.15) is 10.4 Å². The summed E-state index contributed by atoms with van der Waals surface area (Å²) in [5, 5.41) is 0. The Labute approximate surface area is 112 Å². The van der Waals surface area contributed by atoms with Crippen LogP contribution in [0.4, 0.5) is 5.69 Å². The minimum atomic E-state index is -0.772. The van der Waals surface area contributed by atoms with E-state index in [1.165, 1.54) is 4.90 Å². The fraction of sp³-hybridized carbons (Fsp3) is 0.273. The number of hydrogen-bond donors (Lipinski definition) is 0. The van der Waals surface area contributed by atoms with Crippen LogP contribution in [0, 0.1) is 0 Å². The first kappa shape index (κ1) is 12.4. The molecule has 1 atom stereocenters. The van der Waals surface area contributed by atoms with E-state index < -0.39 is 4.29 Å². The maximum atomic E-state index is 11.7. The first-order valence-corrected chi connectivity index (χ1v) is 6.21. The van der Waals surface area contributed by atoms with Gasteiger partial charge in [-0.1, -0.05) is 15.9 Å². The number of carbonyl (C=O) groups excluding carboxylic acids is 2. The Balaban J connectivity index is 2.42. The molecule has 0 aliphatic carbocycles. The van der Waals surface area contributed by atoms with Crippen LogP contribution < -0.4 is 9.64 Å². The molecule has 17 heavy (non-hydrogen) atoms. The summed E-state index contributed by atoms with van der Waals surface area (Å²) in [5.74, 6) is 0.189. The molecule has 1 aliphatic heterocycles. The minimum Gasteiger partial charge on any atom is -0.482 e. The quantitative estimate of drug-likeness (QED) is 0.620. The summed E-state index contributed by atoms with van der Waals surface area (Å²) in [5.41, 5.74) is 1.02. The van der Waals surface area contributed by atoms with Gasteiger partial charge in [-0.05, 0) is 18.2 Å². The summed E-state index contributed by atoms with van der Waals surface area (Å²) in [6.07, 6.45) is 0. The Bertz CT molecular complexity index is 490. The van der Waals surface area contributed by atoms with Crippen LogP contribution in [0.25, 0.3) is 0 Å². The van der Waals surface area contributed by atoms with Crippen LogP contribution in [-0.2, 0) is 4.79 Å². The van der Waals surface area contributed by atoms with Gasteiger partial charge in [0, 0.05) is 12.6 Å². The summed E-state index contributed by atoms with van der Waals surface area (Å²) in [7, 11) is 1.64. The van der Waals surface area contributed by atoms with E-state index in [0.717, 1.165) is 0 Å². The topological polar surface area (TPSA) is 46.6 Å². The zero-order valence-electron chi connectivity index (χ0n) is 8.94. The van der Waals surface area contributed by atoms with Crippen molar-refractivity contribution in [1.29, 1.82) is 0 Å². The SMILES string of the molecule is CN1C(=O)COc2ccc(C(=O)C(Cl)Br)cc21. The third-order valence-electron chi connectivity index (χ3n) is 2.53. The number of ether oxygens (including phenoxy) is 1. The van der Waals surface area contributed by atoms with Crippen LogP contribution in [0.2, 0.25) is 0 Å². The number of Topliss-reactive ketones (excluding diaryl/α,β-unsaturated/α-hetero) is 1. The van der Waals surface area contributed by atoms with Gasteiger partial charge in [0.05, 0.1) is 5.69 Å². The molecule has 4 nitrogen and oxygen atoms in total. The van der Waals surface area contributed by atoms with Crippen molar-refractivity contribution < 1.29 is 14.3 Å². The van der Waals surface area contributed by atoms with Crippen LogP contribution >= 0.6 is 27.5 Å². The van der Waals surface area contributed by atoms with Gasteiger partial charge in [-0.2, -0.15) is 0 Å². The zero-order chi connectivity index (χ0) is 12.6. The standard InChI is InChI=1S/C11H9BrClNO3/c1-14-7-4-6(10(16)11(12)13)2-3-8(7)17-5-9(14)15/h2-4,11H,5H2,1H3. The van der Waals surface area contributed by atoms with Crippen LogP contribution in [0.3, 0.4) is 0 Å². The third kappa shape index (κ3) is 2.30. The molecule has 1 aromatic carbocycles. The van der Waals surface area contributed by atoms with Crippen molar-refractivity contribution in [3.05, 3.63) is 23.8 Å². The van der Waals surface area contributed by atoms with Gasteiger partial charge in [-0.25, -0.2) is 0 Å². The molecule has 1 aliphatic rings. The van der Waals surface area contributed by atoms with E-state index in [1.54, 1.807) is 25.2 Å². The van der Waals surface area contributed by atoms with Crippen molar-refractivity contribution in [3.63, 3.8) is 0 Å². The van der Waals surface area contributed by atoms with Gasteiger partial charge in [0.2, 0.25) is 0 Å². The number of likely N-dealkylation sites (N-methyl/N-ethyl adjacent to an activating group) is 1. The van der Waals surface area contributed by atoms with Crippen molar-refractivity contribution in [2.24, 2.45) is 0 Å². The Morgan fingerprint density at radius 2 is 2.29 bits per heavy atom. The number of rotatable bonds is 2. The molecule has 90 valence electrons. The van der Waals surface area contributed by atoms with E-state index in [9.17, 15) is 9.59 Å². The second-order valence-electron chi connectivity index (χ2n) is 3.59. The Morgan fingerprint density at radius 1 is 1.59 bits per heavy atom. The Morgan fingerprint density at radius 3 is 2.94 bits per heavy atom. The number of hydrogen-bond acceptors (Lipinski definition) is 3. The average Bonchev–Trinajstić information content (AvgIpc) is 2.32. The lowest BCUT2D eigenvalue weighted by Gasteiger charge is -2.26. The Kier molecular flexibility index (Phi) is 3.40. The molecule has 0 radical (unpaired) electrons. The molecule has 1 unspecified atom stereocenters. The highest BCUT2D eigenvalue weighted by Gasteiger charge is 2.24. The molecule has 0 N–H and O–H groups in total. The van der Waals surface area contributed by atoms with E-state index in [1.807, 2.05) is 0 Å². The zero-order valence-corrected chi connectivity index (χ0v) is 11.3. The van der Waals surface area contributed by atoms with Gasteiger partial charge in [-0.15, -0.1) is 11.6 Å². The van der Waals surface area contributed by atoms with Gasteiger partial charge in [0.15, 0.2) is 16.7 Å². The van der Waals surface area contributed by atoms with Gasteiger partial charge in [0.25, 0.3) is 5.91 Å². The summed E-state index contributed by atoms with van der Waals surface area (Å²) in [4.78, 5) is 24.6. The van der Waals surface area contributed by atoms with Gasteiger partial charge in [0.1, 0.15) is 5.75 Å². The first-order valence-electron chi connectivity index (χ1n) is 4.86. The molecule has 0 bridgehead atoms. The van der Waals surface area contributed by atoms with Crippen molar-refractivity contribution in [2.75, 3.05) is 18.6 Å². The van der Waals surface area contributed by atoms with Crippen LogP contribution in [-0.4, -0.2) is 29.6 Å². The highest BCUT2D eigenvalue weighted by Crippen LogP contribution is 2.32. The predicted octanol–water partition coefficient (Wildman–Crippen LogP) is 2.18. The number of amides is 1. The van der Waals surface area contributed by atoms with E-state index >= 15 is 0 Å². The fourth-order valence-electron chi connectivity index (χ4n) is 1.55. The number of ketones is 1. The van der Waals surface area contributed by atoms with Crippen LogP contribution in [0.15, 0.2) is 18.2 Å². The highest BCUT2D eigenvalue weighted by atomic mass is 79.9. The molecule has 0 spiro atoms. The van der Waals surface area contributed by atoms with Gasteiger partial charge >= 0.3 is 0 Å². The predicted molar refractivity (Wildman–Crippen MR) is 68.2 cm³/mol. The molecular weight excluding hydrogens is 309 g/mol. The maximum absolute atomic E-state index is 11.7. The Hall–Kier alpha value is -1.07. The minimum absolute atomic E-state index is 0.0212. The van der Waals surface area contributed by atoms with Gasteiger partial charge in [-0.3, -0.25) is 9.59 Å². The number of carbonyl (C=O) groups is 2. The molecule has 0 saturated heterocycles. The first-order chi connectivity index (χ1) is 8.00. The molecule has 6 heteroatoms. The van der Waals surface area contributed by atoms with E-state index in [-0.39, 0.29) is 18.3 Å².